The summed E-state index contributed by atoms with van der Waals surface area (Å²) in [4.78, 5) is 23.8. The molecule has 0 unspecified atom stereocenters. The van der Waals surface area contributed by atoms with Crippen molar-refractivity contribution in [1.29, 1.82) is 0 Å². The van der Waals surface area contributed by atoms with Crippen molar-refractivity contribution in [3.05, 3.63) is 77.8 Å². The number of halogens is 2. The van der Waals surface area contributed by atoms with E-state index in [0.717, 1.165) is 6.92 Å². The minimum Gasteiger partial charge on any atom is -0.345 e. The molecule has 3 aromatic heterocycles. The molecule has 0 spiro atoms. The summed E-state index contributed by atoms with van der Waals surface area (Å²) < 4.78 is 113. The summed E-state index contributed by atoms with van der Waals surface area (Å²) in [5.41, 5.74) is -3.56. The van der Waals surface area contributed by atoms with Crippen LogP contribution in [-0.2, 0) is 10.0 Å². The van der Waals surface area contributed by atoms with Gasteiger partial charge in [-0.05, 0) is 30.6 Å². The Morgan fingerprint density at radius 1 is 1.31 bits per heavy atom. The lowest BCUT2D eigenvalue weighted by Crippen LogP contribution is -2.18. The smallest absolute Gasteiger partial charge is 0.232 e. The van der Waals surface area contributed by atoms with Gasteiger partial charge in [0, 0.05) is 49.6 Å². The molecule has 4 rings (SSSR count). The van der Waals surface area contributed by atoms with E-state index >= 15 is 8.78 Å². The van der Waals surface area contributed by atoms with Crippen LogP contribution < -0.4 is 4.72 Å². The molecular formula is C22H18F2N4O3S. The zero-order chi connectivity index (χ0) is 29.0. The van der Waals surface area contributed by atoms with Crippen LogP contribution in [0.5, 0.6) is 0 Å². The van der Waals surface area contributed by atoms with Crippen molar-refractivity contribution in [2.24, 2.45) is 0 Å². The Balaban J connectivity index is 1.95. The molecule has 0 atom stereocenters. The highest BCUT2D eigenvalue weighted by Crippen LogP contribution is 2.29. The summed E-state index contributed by atoms with van der Waals surface area (Å²) in [5.74, 6) is -6.40. The number of ketones is 1. The number of H-pyrrole nitrogens is 1. The number of carbonyl (C=O) groups is 1. The second kappa shape index (κ2) is 8.46. The maximum atomic E-state index is 15.6. The number of pyridine rings is 2. The first-order chi connectivity index (χ1) is 18.0. The summed E-state index contributed by atoms with van der Waals surface area (Å²) >= 11 is 0. The lowest BCUT2D eigenvalue weighted by atomic mass is 10.00. The zero-order valence-corrected chi connectivity index (χ0v) is 17.1. The fraction of sp³-hybridized carbons (Fsp3) is 0.136. The van der Waals surface area contributed by atoms with E-state index in [1.165, 1.54) is 24.5 Å². The highest BCUT2D eigenvalue weighted by molar-refractivity contribution is 7.92. The van der Waals surface area contributed by atoms with Crippen molar-refractivity contribution in [2.45, 2.75) is 13.3 Å². The third-order valence-corrected chi connectivity index (χ3v) is 5.46. The van der Waals surface area contributed by atoms with E-state index in [4.69, 9.17) is 9.60 Å². The monoisotopic (exact) mass is 463 g/mol. The van der Waals surface area contributed by atoms with E-state index in [1.54, 1.807) is 4.72 Å². The first-order valence-corrected chi connectivity index (χ1v) is 10.6. The molecule has 3 heterocycles. The topological polar surface area (TPSA) is 105 Å². The molecule has 0 saturated carbocycles. The number of aromatic nitrogens is 3. The van der Waals surface area contributed by atoms with Crippen molar-refractivity contribution in [3.8, 4) is 11.1 Å². The van der Waals surface area contributed by atoms with Gasteiger partial charge in [0.1, 0.15) is 11.5 Å². The zero-order valence-electron chi connectivity index (χ0n) is 23.3. The Kier molecular flexibility index (Phi) is 3.81. The number of nitrogens with one attached hydrogen (secondary N) is 2. The number of hydrogen-bond donors (Lipinski definition) is 2. The van der Waals surface area contributed by atoms with E-state index in [-0.39, 0.29) is 22.2 Å². The van der Waals surface area contributed by atoms with E-state index in [1.807, 2.05) is 0 Å². The van der Waals surface area contributed by atoms with Gasteiger partial charge in [-0.3, -0.25) is 14.5 Å². The number of carbonyl (C=O) groups excluding carboxylic acids is 1. The van der Waals surface area contributed by atoms with E-state index < -0.39 is 86.9 Å². The van der Waals surface area contributed by atoms with Gasteiger partial charge in [-0.15, -0.1) is 0 Å². The minimum atomic E-state index is -4.67. The standard InChI is InChI=1S/C22H18F2N4O3S/c1-2-8-32(30,31)28-18-6-5-17(23)19(20(18)24)21(29)16-12-27-22-15(16)9-14(11-26-22)13-4-3-7-25-10-13/h3-7,9-12,28H,2,8H2,1H3,(H,26,27)/i2D2,5D,6D,9D,11D,12D. The van der Waals surface area contributed by atoms with Gasteiger partial charge < -0.3 is 4.98 Å². The Hall–Kier alpha value is -3.66. The van der Waals surface area contributed by atoms with Gasteiger partial charge in [-0.25, -0.2) is 22.2 Å². The van der Waals surface area contributed by atoms with Crippen molar-refractivity contribution < 1.29 is 31.6 Å². The van der Waals surface area contributed by atoms with Crippen LogP contribution in [0.4, 0.5) is 14.5 Å². The van der Waals surface area contributed by atoms with Crippen LogP contribution >= 0.6 is 0 Å². The highest BCUT2D eigenvalue weighted by atomic mass is 32.2. The number of hydrogen-bond acceptors (Lipinski definition) is 5. The number of fused-ring (bicyclic) bond motifs is 1. The first-order valence-electron chi connectivity index (χ1n) is 12.5. The molecule has 4 aromatic rings. The van der Waals surface area contributed by atoms with E-state index in [0.29, 0.717) is 0 Å². The average Bonchev–Trinajstić information content (AvgIpc) is 3.15. The van der Waals surface area contributed by atoms with Gasteiger partial charge in [-0.2, -0.15) is 0 Å². The van der Waals surface area contributed by atoms with Crippen LogP contribution in [-0.4, -0.2) is 34.9 Å². The van der Waals surface area contributed by atoms with Gasteiger partial charge in [0.15, 0.2) is 5.82 Å². The second-order valence-corrected chi connectivity index (χ2v) is 8.21. The molecule has 0 aliphatic carbocycles. The lowest BCUT2D eigenvalue weighted by molar-refractivity contribution is 0.103. The molecule has 7 nitrogen and oxygen atoms in total. The minimum absolute atomic E-state index is 0.0884. The maximum absolute atomic E-state index is 15.6. The van der Waals surface area contributed by atoms with Gasteiger partial charge in [0.25, 0.3) is 0 Å². The van der Waals surface area contributed by atoms with Crippen molar-refractivity contribution in [2.75, 3.05) is 10.5 Å². The summed E-state index contributed by atoms with van der Waals surface area (Å²) in [6, 6.07) is -0.0273. The van der Waals surface area contributed by atoms with Gasteiger partial charge in [0.2, 0.25) is 15.8 Å². The highest BCUT2D eigenvalue weighted by Gasteiger charge is 2.26. The van der Waals surface area contributed by atoms with Crippen LogP contribution in [0.1, 0.15) is 38.8 Å². The Bertz CT molecular complexity index is 1760. The third kappa shape index (κ3) is 4.09. The number of sulfonamides is 1. The van der Waals surface area contributed by atoms with Crippen LogP contribution in [0.3, 0.4) is 0 Å². The van der Waals surface area contributed by atoms with E-state index in [9.17, 15) is 13.2 Å². The van der Waals surface area contributed by atoms with Crippen LogP contribution in [0.2, 0.25) is 0 Å². The predicted molar refractivity (Wildman–Crippen MR) is 117 cm³/mol. The van der Waals surface area contributed by atoms with Crippen LogP contribution in [0.25, 0.3) is 22.2 Å². The van der Waals surface area contributed by atoms with Gasteiger partial charge in [-0.1, -0.05) is 13.0 Å². The quantitative estimate of drug-likeness (QED) is 0.398. The van der Waals surface area contributed by atoms with E-state index in [2.05, 4.69) is 15.0 Å². The molecule has 0 radical (unpaired) electrons. The summed E-state index contributed by atoms with van der Waals surface area (Å²) in [6.45, 7) is 0.932. The number of aromatic amines is 1. The fourth-order valence-corrected chi connectivity index (χ4v) is 3.79. The molecule has 0 bridgehead atoms. The lowest BCUT2D eigenvalue weighted by Gasteiger charge is -2.11. The summed E-state index contributed by atoms with van der Waals surface area (Å²) in [6.07, 6.45) is -0.643. The second-order valence-electron chi connectivity index (χ2n) is 6.49. The molecule has 2 N–H and O–H groups in total. The molecule has 0 saturated heterocycles. The Labute approximate surface area is 192 Å². The Morgan fingerprint density at radius 2 is 2.12 bits per heavy atom. The van der Waals surface area contributed by atoms with Crippen LogP contribution in [0, 0.1) is 11.6 Å². The first kappa shape index (κ1) is 14.4. The number of benzene rings is 1. The Morgan fingerprint density at radius 3 is 2.84 bits per heavy atom. The fourth-order valence-electron chi connectivity index (χ4n) is 2.89. The largest absolute Gasteiger partial charge is 0.345 e. The summed E-state index contributed by atoms with van der Waals surface area (Å²) in [7, 11) is -4.67. The molecule has 0 aliphatic rings. The molecule has 0 amide bonds. The molecule has 32 heavy (non-hydrogen) atoms. The number of anilines is 1. The molecule has 164 valence electrons. The summed E-state index contributed by atoms with van der Waals surface area (Å²) in [5, 5.41) is -0.360. The van der Waals surface area contributed by atoms with Gasteiger partial charge >= 0.3 is 0 Å². The van der Waals surface area contributed by atoms with Crippen molar-refractivity contribution in [3.63, 3.8) is 0 Å². The molecular weight excluding hydrogens is 438 g/mol. The van der Waals surface area contributed by atoms with Crippen molar-refractivity contribution >= 4 is 32.5 Å². The van der Waals surface area contributed by atoms with Crippen molar-refractivity contribution in [1.82, 2.24) is 15.0 Å². The normalized spacial score (nSPS) is 15.2. The molecule has 1 aromatic carbocycles. The number of nitrogens with zero attached hydrogens (tertiary/aromatic N) is 2. The third-order valence-electron chi connectivity index (χ3n) is 4.27. The number of rotatable bonds is 7. The molecule has 10 heteroatoms. The molecule has 0 fully saturated rings. The average molecular weight is 464 g/mol. The van der Waals surface area contributed by atoms with Crippen LogP contribution in [0.15, 0.2) is 55.0 Å². The predicted octanol–water partition coefficient (Wildman–Crippen LogP) is 4.29. The molecule has 0 aliphatic heterocycles. The maximum Gasteiger partial charge on any atom is 0.232 e. The van der Waals surface area contributed by atoms with Gasteiger partial charge in [0.05, 0.1) is 23.9 Å². The SMILES string of the molecule is [2H]c1nc2[nH]c([2H])c(C(=O)c3c(F)c([2H])c([2H])c(NS(=O)(=O)CC([2H])([2H])C)c3F)c2c([2H])c1-c1cccnc1.